The molecule has 0 amide bonds. The second-order valence-corrected chi connectivity index (χ2v) is 4.12. The molecule has 1 aromatic heterocycles. The topological polar surface area (TPSA) is 109 Å². The zero-order valence-corrected chi connectivity index (χ0v) is 9.73. The number of amidine groups is 1. The van der Waals surface area contributed by atoms with Gasteiger partial charge in [-0.3, -0.25) is 4.79 Å². The molecule has 0 spiro atoms. The van der Waals surface area contributed by atoms with Crippen molar-refractivity contribution in [1.29, 1.82) is 0 Å². The molecular weight excluding hydrogens is 271 g/mol. The van der Waals surface area contributed by atoms with E-state index in [9.17, 15) is 18.0 Å². The molecule has 0 saturated heterocycles. The second-order valence-electron chi connectivity index (χ2n) is 3.10. The molecule has 6 N–H and O–H groups in total. The number of aromatic amines is 1. The molecule has 6 nitrogen and oxygen atoms in total. The number of hydrazone groups is 1. The molecule has 0 atom stereocenters. The Morgan fingerprint density at radius 1 is 1.50 bits per heavy atom. The molecule has 0 fully saturated rings. The van der Waals surface area contributed by atoms with Crippen molar-refractivity contribution in [3.8, 4) is 0 Å². The minimum Gasteiger partial charge on any atom is -0.322 e. The van der Waals surface area contributed by atoms with Gasteiger partial charge in [0.25, 0.3) is 0 Å². The highest BCUT2D eigenvalue weighted by Crippen LogP contribution is 2.29. The highest BCUT2D eigenvalue weighted by Gasteiger charge is 2.31. The normalized spacial score (nSPS) is 12.6. The number of hydrazine groups is 1. The zero-order valence-electron chi connectivity index (χ0n) is 8.91. The third-order valence-electron chi connectivity index (χ3n) is 1.83. The minimum absolute atomic E-state index is 0.0474. The van der Waals surface area contributed by atoms with E-state index < -0.39 is 17.3 Å². The summed E-state index contributed by atoms with van der Waals surface area (Å²) in [5.41, 5.74) is 0.324. The average molecular weight is 281 g/mol. The number of hydrogen-bond donors (Lipinski definition) is 4. The van der Waals surface area contributed by atoms with Crippen molar-refractivity contribution in [3.63, 3.8) is 0 Å². The number of rotatable bonds is 3. The zero-order chi connectivity index (χ0) is 13.8. The summed E-state index contributed by atoms with van der Waals surface area (Å²) in [5, 5.41) is 3.31. The third kappa shape index (κ3) is 3.96. The standard InChI is InChI=1S/C8H10F3N5OS/c9-8(10,11)4-1-6(17)14-7(2-4)18-3-5(15-12)16-13/h1-2H,3,12-13H2,(H,14,17)(H,15,16). The monoisotopic (exact) mass is 281 g/mol. The van der Waals surface area contributed by atoms with Crippen LogP contribution in [0.5, 0.6) is 0 Å². The lowest BCUT2D eigenvalue weighted by molar-refractivity contribution is -0.137. The molecule has 18 heavy (non-hydrogen) atoms. The molecule has 0 saturated carbocycles. The Morgan fingerprint density at radius 3 is 2.67 bits per heavy atom. The predicted molar refractivity (Wildman–Crippen MR) is 61.7 cm³/mol. The van der Waals surface area contributed by atoms with Gasteiger partial charge in [0.05, 0.1) is 16.3 Å². The van der Waals surface area contributed by atoms with Crippen molar-refractivity contribution in [3.05, 3.63) is 28.0 Å². The van der Waals surface area contributed by atoms with Crippen molar-refractivity contribution >= 4 is 17.6 Å². The van der Waals surface area contributed by atoms with Gasteiger partial charge in [-0.1, -0.05) is 0 Å². The highest BCUT2D eigenvalue weighted by molar-refractivity contribution is 7.99. The van der Waals surface area contributed by atoms with Crippen LogP contribution in [0.25, 0.3) is 0 Å². The summed E-state index contributed by atoms with van der Waals surface area (Å²) in [7, 11) is 0. The van der Waals surface area contributed by atoms with E-state index in [0.717, 1.165) is 17.8 Å². The van der Waals surface area contributed by atoms with Gasteiger partial charge in [0.1, 0.15) is 5.84 Å². The van der Waals surface area contributed by atoms with Gasteiger partial charge in [0.15, 0.2) is 0 Å². The first kappa shape index (κ1) is 14.4. The number of nitrogens with zero attached hydrogens (tertiary/aromatic N) is 1. The lowest BCUT2D eigenvalue weighted by Gasteiger charge is -2.08. The van der Waals surface area contributed by atoms with Crippen LogP contribution < -0.4 is 22.7 Å². The number of nitrogens with one attached hydrogen (secondary N) is 2. The SMILES string of the molecule is N/N=C(/CSc1cc(C(F)(F)F)cc(=O)[nH]1)NN. The van der Waals surface area contributed by atoms with Gasteiger partial charge < -0.3 is 16.3 Å². The van der Waals surface area contributed by atoms with E-state index in [0.29, 0.717) is 6.07 Å². The largest absolute Gasteiger partial charge is 0.416 e. The first-order valence-electron chi connectivity index (χ1n) is 4.54. The number of thioether (sulfide) groups is 1. The fourth-order valence-electron chi connectivity index (χ4n) is 1.02. The Labute approximate surface area is 104 Å². The van der Waals surface area contributed by atoms with Gasteiger partial charge in [0, 0.05) is 6.07 Å². The number of alkyl halides is 3. The predicted octanol–water partition coefficient (Wildman–Crippen LogP) is 0.221. The molecule has 0 aliphatic heterocycles. The van der Waals surface area contributed by atoms with Crippen LogP contribution in [0.4, 0.5) is 13.2 Å². The van der Waals surface area contributed by atoms with Gasteiger partial charge in [0.2, 0.25) is 5.56 Å². The van der Waals surface area contributed by atoms with Crippen molar-refractivity contribution in [2.75, 3.05) is 5.75 Å². The number of H-pyrrole nitrogens is 1. The van der Waals surface area contributed by atoms with Crippen LogP contribution in [0, 0.1) is 0 Å². The van der Waals surface area contributed by atoms with Crippen LogP contribution in [0.1, 0.15) is 5.56 Å². The number of hydrogen-bond acceptors (Lipinski definition) is 5. The van der Waals surface area contributed by atoms with Gasteiger partial charge >= 0.3 is 6.18 Å². The maximum Gasteiger partial charge on any atom is 0.416 e. The third-order valence-corrected chi connectivity index (χ3v) is 2.78. The molecule has 0 aromatic carbocycles. The van der Waals surface area contributed by atoms with Crippen molar-refractivity contribution in [2.45, 2.75) is 11.2 Å². The lowest BCUT2D eigenvalue weighted by atomic mass is 10.3. The molecule has 1 heterocycles. The number of aromatic nitrogens is 1. The van der Waals surface area contributed by atoms with E-state index >= 15 is 0 Å². The molecule has 100 valence electrons. The maximum absolute atomic E-state index is 12.4. The molecule has 10 heteroatoms. The Bertz CT molecular complexity index is 498. The molecule has 0 radical (unpaired) electrons. The Hall–Kier alpha value is -1.68. The van der Waals surface area contributed by atoms with Crippen LogP contribution in [0.15, 0.2) is 27.1 Å². The highest BCUT2D eigenvalue weighted by atomic mass is 32.2. The summed E-state index contributed by atoms with van der Waals surface area (Å²) in [6, 6.07) is 1.32. The van der Waals surface area contributed by atoms with E-state index in [4.69, 9.17) is 11.7 Å². The fourth-order valence-corrected chi connectivity index (χ4v) is 1.85. The summed E-state index contributed by atoms with van der Waals surface area (Å²) < 4.78 is 37.3. The smallest absolute Gasteiger partial charge is 0.322 e. The first-order valence-corrected chi connectivity index (χ1v) is 5.53. The quantitative estimate of drug-likeness (QED) is 0.208. The molecular formula is C8H10F3N5OS. The van der Waals surface area contributed by atoms with E-state index in [2.05, 4.69) is 15.5 Å². The van der Waals surface area contributed by atoms with Gasteiger partial charge in [-0.05, 0) is 6.07 Å². The molecule has 0 aliphatic rings. The molecule has 0 bridgehead atoms. The van der Waals surface area contributed by atoms with E-state index in [1.807, 2.05) is 0 Å². The number of halogens is 3. The number of nitrogens with two attached hydrogens (primary N) is 2. The first-order chi connectivity index (χ1) is 8.36. The maximum atomic E-state index is 12.4. The lowest BCUT2D eigenvalue weighted by Crippen LogP contribution is -2.33. The van der Waals surface area contributed by atoms with Crippen molar-refractivity contribution in [2.24, 2.45) is 16.8 Å². The van der Waals surface area contributed by atoms with Crippen LogP contribution in [-0.4, -0.2) is 16.6 Å². The number of pyridine rings is 1. The van der Waals surface area contributed by atoms with Gasteiger partial charge in [-0.15, -0.1) is 11.8 Å². The summed E-state index contributed by atoms with van der Waals surface area (Å²) in [5.74, 6) is 10.3. The van der Waals surface area contributed by atoms with Crippen molar-refractivity contribution < 1.29 is 13.2 Å². The summed E-state index contributed by atoms with van der Waals surface area (Å²) >= 11 is 0.913. The Kier molecular flexibility index (Phi) is 4.62. The van der Waals surface area contributed by atoms with Crippen LogP contribution in [0.3, 0.4) is 0 Å². The fraction of sp³-hybridized carbons (Fsp3) is 0.250. The van der Waals surface area contributed by atoms with Crippen molar-refractivity contribution in [1.82, 2.24) is 10.4 Å². The van der Waals surface area contributed by atoms with E-state index in [1.54, 1.807) is 0 Å². The summed E-state index contributed by atoms with van der Waals surface area (Å²) in [6.45, 7) is 0. The minimum atomic E-state index is -4.57. The summed E-state index contributed by atoms with van der Waals surface area (Å²) in [6.07, 6.45) is -4.57. The Morgan fingerprint density at radius 2 is 2.17 bits per heavy atom. The summed E-state index contributed by atoms with van der Waals surface area (Å²) in [4.78, 5) is 13.3. The van der Waals surface area contributed by atoms with E-state index in [1.165, 1.54) is 0 Å². The second kappa shape index (κ2) is 5.78. The van der Waals surface area contributed by atoms with E-state index in [-0.39, 0.29) is 16.6 Å². The van der Waals surface area contributed by atoms with Crippen LogP contribution in [0.2, 0.25) is 0 Å². The molecule has 1 rings (SSSR count). The average Bonchev–Trinajstić information content (AvgIpc) is 2.28. The van der Waals surface area contributed by atoms with Gasteiger partial charge in [-0.2, -0.15) is 18.3 Å². The van der Waals surface area contributed by atoms with Crippen LogP contribution in [-0.2, 0) is 6.18 Å². The van der Waals surface area contributed by atoms with Crippen LogP contribution >= 0.6 is 11.8 Å². The molecule has 0 aliphatic carbocycles. The Balaban J connectivity index is 2.91. The molecule has 0 unspecified atom stereocenters. The molecule has 1 aromatic rings. The van der Waals surface area contributed by atoms with Gasteiger partial charge in [-0.25, -0.2) is 5.84 Å².